The van der Waals surface area contributed by atoms with Gasteiger partial charge < -0.3 is 4.90 Å². The lowest BCUT2D eigenvalue weighted by Crippen LogP contribution is -2.29. The van der Waals surface area contributed by atoms with Crippen molar-refractivity contribution in [3.63, 3.8) is 0 Å². The van der Waals surface area contributed by atoms with Crippen LogP contribution in [0.15, 0.2) is 12.3 Å². The van der Waals surface area contributed by atoms with Crippen LogP contribution in [0.5, 0.6) is 0 Å². The van der Waals surface area contributed by atoms with Crippen molar-refractivity contribution in [3.8, 4) is 0 Å². The average molecular weight is 267 g/mol. The second-order valence-corrected chi connectivity index (χ2v) is 5.76. The first-order chi connectivity index (χ1) is 8.49. The summed E-state index contributed by atoms with van der Waals surface area (Å²) in [5.41, 5.74) is 1.35. The van der Waals surface area contributed by atoms with Crippen molar-refractivity contribution in [1.82, 2.24) is 9.88 Å². The van der Waals surface area contributed by atoms with Crippen LogP contribution in [-0.2, 0) is 0 Å². The summed E-state index contributed by atoms with van der Waals surface area (Å²) in [5, 5.41) is 0.500. The van der Waals surface area contributed by atoms with E-state index in [9.17, 15) is 4.79 Å². The van der Waals surface area contributed by atoms with Crippen LogP contribution in [0.25, 0.3) is 0 Å². The Labute approximate surface area is 113 Å². The van der Waals surface area contributed by atoms with E-state index in [-0.39, 0.29) is 5.91 Å². The van der Waals surface area contributed by atoms with Crippen LogP contribution in [0.1, 0.15) is 36.3 Å². The molecule has 1 aromatic rings. The molecule has 1 fully saturated rings. The minimum Gasteiger partial charge on any atom is -0.338 e. The molecule has 1 saturated heterocycles. The molecule has 1 atom stereocenters. The van der Waals surface area contributed by atoms with Crippen LogP contribution in [0.4, 0.5) is 0 Å². The molecule has 98 valence electrons. The second-order valence-electron chi connectivity index (χ2n) is 5.35. The molecule has 0 aliphatic carbocycles. The molecule has 0 N–H and O–H groups in total. The van der Waals surface area contributed by atoms with E-state index in [0.717, 1.165) is 25.2 Å². The summed E-state index contributed by atoms with van der Waals surface area (Å²) in [6, 6.07) is 1.74. The normalized spacial score (nSPS) is 19.6. The van der Waals surface area contributed by atoms with Gasteiger partial charge in [0, 0.05) is 25.0 Å². The van der Waals surface area contributed by atoms with Crippen LogP contribution in [-0.4, -0.2) is 28.9 Å². The highest BCUT2D eigenvalue weighted by atomic mass is 35.5. The first-order valence-corrected chi connectivity index (χ1v) is 6.78. The number of aromatic nitrogens is 1. The SMILES string of the molecule is Cc1cc(Cl)c(C(=O)N2CCC(C(C)C)C2)cn1. The van der Waals surface area contributed by atoms with Gasteiger partial charge in [0.2, 0.25) is 0 Å². The molecule has 0 saturated carbocycles. The second kappa shape index (κ2) is 5.27. The Bertz CT molecular complexity index is 459. The highest BCUT2D eigenvalue weighted by molar-refractivity contribution is 6.33. The summed E-state index contributed by atoms with van der Waals surface area (Å²) in [5.74, 6) is 1.23. The molecule has 0 spiro atoms. The Morgan fingerprint density at radius 1 is 1.56 bits per heavy atom. The molecule has 4 heteroatoms. The highest BCUT2D eigenvalue weighted by Gasteiger charge is 2.29. The first kappa shape index (κ1) is 13.3. The topological polar surface area (TPSA) is 33.2 Å². The first-order valence-electron chi connectivity index (χ1n) is 6.40. The van der Waals surface area contributed by atoms with Crippen molar-refractivity contribution < 1.29 is 4.79 Å². The van der Waals surface area contributed by atoms with Crippen molar-refractivity contribution in [3.05, 3.63) is 28.5 Å². The number of hydrogen-bond donors (Lipinski definition) is 0. The summed E-state index contributed by atoms with van der Waals surface area (Å²) >= 11 is 6.11. The highest BCUT2D eigenvalue weighted by Crippen LogP contribution is 2.26. The van der Waals surface area contributed by atoms with Crippen LogP contribution < -0.4 is 0 Å². The standard InChI is InChI=1S/C14H19ClN2O/c1-9(2)11-4-5-17(8-11)14(18)12-7-16-10(3)6-13(12)15/h6-7,9,11H,4-5,8H2,1-3H3. The molecule has 0 radical (unpaired) electrons. The monoisotopic (exact) mass is 266 g/mol. The number of halogens is 1. The Balaban J connectivity index is 2.13. The van der Waals surface area contributed by atoms with Crippen LogP contribution in [0.2, 0.25) is 5.02 Å². The summed E-state index contributed by atoms with van der Waals surface area (Å²) < 4.78 is 0. The maximum Gasteiger partial charge on any atom is 0.256 e. The zero-order valence-electron chi connectivity index (χ0n) is 11.1. The molecule has 2 rings (SSSR count). The molecular formula is C14H19ClN2O. The third-order valence-corrected chi connectivity index (χ3v) is 3.99. The Morgan fingerprint density at radius 3 is 2.83 bits per heavy atom. The van der Waals surface area contributed by atoms with Gasteiger partial charge in [-0.25, -0.2) is 0 Å². The van der Waals surface area contributed by atoms with Crippen molar-refractivity contribution in [1.29, 1.82) is 0 Å². The molecule has 2 heterocycles. The van der Waals surface area contributed by atoms with Gasteiger partial charge in [-0.15, -0.1) is 0 Å². The lowest BCUT2D eigenvalue weighted by atomic mass is 9.95. The molecule has 1 aromatic heterocycles. The molecule has 1 aliphatic rings. The number of rotatable bonds is 2. The number of nitrogens with zero attached hydrogens (tertiary/aromatic N) is 2. The van der Waals surface area contributed by atoms with Crippen molar-refractivity contribution in [2.24, 2.45) is 11.8 Å². The minimum absolute atomic E-state index is 0.00986. The van der Waals surface area contributed by atoms with E-state index in [1.54, 1.807) is 12.3 Å². The van der Waals surface area contributed by atoms with E-state index < -0.39 is 0 Å². The zero-order valence-corrected chi connectivity index (χ0v) is 11.9. The average Bonchev–Trinajstić information content (AvgIpc) is 2.77. The number of likely N-dealkylation sites (tertiary alicyclic amines) is 1. The van der Waals surface area contributed by atoms with E-state index in [0.29, 0.717) is 22.4 Å². The third-order valence-electron chi connectivity index (χ3n) is 3.68. The number of carbonyl (C=O) groups is 1. The molecule has 3 nitrogen and oxygen atoms in total. The van der Waals surface area contributed by atoms with Gasteiger partial charge in [0.1, 0.15) is 0 Å². The number of pyridine rings is 1. The number of aryl methyl sites for hydroxylation is 1. The fourth-order valence-electron chi connectivity index (χ4n) is 2.37. The van der Waals surface area contributed by atoms with Gasteiger partial charge in [0.05, 0.1) is 10.6 Å². The summed E-state index contributed by atoms with van der Waals surface area (Å²) in [4.78, 5) is 18.4. The largest absolute Gasteiger partial charge is 0.338 e. The van der Waals surface area contributed by atoms with E-state index in [1.165, 1.54) is 0 Å². The molecule has 1 unspecified atom stereocenters. The van der Waals surface area contributed by atoms with Crippen LogP contribution in [0, 0.1) is 18.8 Å². The van der Waals surface area contributed by atoms with Crippen LogP contribution in [0.3, 0.4) is 0 Å². The van der Waals surface area contributed by atoms with E-state index in [1.807, 2.05) is 11.8 Å². The quantitative estimate of drug-likeness (QED) is 0.824. The number of hydrogen-bond acceptors (Lipinski definition) is 2. The maximum atomic E-state index is 12.3. The van der Waals surface area contributed by atoms with E-state index >= 15 is 0 Å². The van der Waals surface area contributed by atoms with Gasteiger partial charge >= 0.3 is 0 Å². The van der Waals surface area contributed by atoms with Gasteiger partial charge in [-0.2, -0.15) is 0 Å². The van der Waals surface area contributed by atoms with Crippen molar-refractivity contribution in [2.75, 3.05) is 13.1 Å². The molecule has 0 bridgehead atoms. The fraction of sp³-hybridized carbons (Fsp3) is 0.571. The van der Waals surface area contributed by atoms with Gasteiger partial charge in [-0.1, -0.05) is 25.4 Å². The van der Waals surface area contributed by atoms with E-state index in [4.69, 9.17) is 11.6 Å². The summed E-state index contributed by atoms with van der Waals surface area (Å²) in [6.45, 7) is 7.94. The predicted molar refractivity (Wildman–Crippen MR) is 72.8 cm³/mol. The third kappa shape index (κ3) is 2.66. The maximum absolute atomic E-state index is 12.3. The number of carbonyl (C=O) groups excluding carboxylic acids is 1. The van der Waals surface area contributed by atoms with Crippen LogP contribution >= 0.6 is 11.6 Å². The van der Waals surface area contributed by atoms with Crippen molar-refractivity contribution in [2.45, 2.75) is 27.2 Å². The fourth-order valence-corrected chi connectivity index (χ4v) is 2.66. The van der Waals surface area contributed by atoms with E-state index in [2.05, 4.69) is 18.8 Å². The Hall–Kier alpha value is -1.09. The van der Waals surface area contributed by atoms with Gasteiger partial charge in [0.15, 0.2) is 0 Å². The Morgan fingerprint density at radius 2 is 2.28 bits per heavy atom. The molecule has 1 aliphatic heterocycles. The molecule has 0 aromatic carbocycles. The predicted octanol–water partition coefficient (Wildman–Crippen LogP) is 3.16. The molecule has 18 heavy (non-hydrogen) atoms. The Kier molecular flexibility index (Phi) is 3.91. The lowest BCUT2D eigenvalue weighted by Gasteiger charge is -2.18. The van der Waals surface area contributed by atoms with Crippen molar-refractivity contribution >= 4 is 17.5 Å². The summed E-state index contributed by atoms with van der Waals surface area (Å²) in [7, 11) is 0. The minimum atomic E-state index is 0.00986. The van der Waals surface area contributed by atoms with Gasteiger partial charge in [0.25, 0.3) is 5.91 Å². The summed E-state index contributed by atoms with van der Waals surface area (Å²) in [6.07, 6.45) is 2.67. The number of amides is 1. The van der Waals surface area contributed by atoms with Gasteiger partial charge in [-0.3, -0.25) is 9.78 Å². The van der Waals surface area contributed by atoms with Gasteiger partial charge in [-0.05, 0) is 31.2 Å². The molecular weight excluding hydrogens is 248 g/mol. The zero-order chi connectivity index (χ0) is 13.3. The molecule has 1 amide bonds. The smallest absolute Gasteiger partial charge is 0.256 e. The lowest BCUT2D eigenvalue weighted by molar-refractivity contribution is 0.0784.